The molecule has 162 valence electrons. The van der Waals surface area contributed by atoms with Crippen molar-refractivity contribution >= 4 is 17.9 Å². The minimum Gasteiger partial charge on any atom is -0.454 e. The number of hydrogen-bond acceptors (Lipinski definition) is 4. The fourth-order valence-electron chi connectivity index (χ4n) is 4.38. The standard InChI is InChI=1S/C24H27N3O4/c1-16-13-19(17(2)27(16)20-6-7-21-22(14-20)31-15-30-21)5-8-23(28)25-9-11-26(12-10-25)24(29)18-3-4-18/h5-8,13-14,18H,3-4,9-12,15H2,1-2H3. The number of hydrogen-bond donors (Lipinski definition) is 0. The Hall–Kier alpha value is -3.22. The lowest BCUT2D eigenvalue weighted by atomic mass is 10.2. The normalized spacial score (nSPS) is 18.1. The summed E-state index contributed by atoms with van der Waals surface area (Å²) in [5.74, 6) is 2.00. The van der Waals surface area contributed by atoms with Crippen LogP contribution in [0.25, 0.3) is 11.8 Å². The molecule has 0 bridgehead atoms. The van der Waals surface area contributed by atoms with Crippen LogP contribution in [0.15, 0.2) is 30.3 Å². The molecule has 7 heteroatoms. The molecule has 0 atom stereocenters. The fourth-order valence-corrected chi connectivity index (χ4v) is 4.38. The first-order valence-corrected chi connectivity index (χ1v) is 10.9. The number of fused-ring (bicyclic) bond motifs is 1. The maximum absolute atomic E-state index is 12.7. The van der Waals surface area contributed by atoms with Gasteiger partial charge in [-0.05, 0) is 56.5 Å². The molecule has 1 aromatic heterocycles. The van der Waals surface area contributed by atoms with Crippen molar-refractivity contribution in [1.82, 2.24) is 14.4 Å². The number of ether oxygens (including phenoxy) is 2. The lowest BCUT2D eigenvalue weighted by Gasteiger charge is -2.34. The first-order valence-electron chi connectivity index (χ1n) is 10.9. The Morgan fingerprint density at radius 2 is 1.68 bits per heavy atom. The van der Waals surface area contributed by atoms with E-state index in [4.69, 9.17) is 9.47 Å². The molecule has 2 aliphatic heterocycles. The van der Waals surface area contributed by atoms with E-state index in [0.29, 0.717) is 26.2 Å². The number of amides is 2. The number of carbonyl (C=O) groups is 2. The Labute approximate surface area is 181 Å². The maximum atomic E-state index is 12.7. The number of aromatic nitrogens is 1. The maximum Gasteiger partial charge on any atom is 0.246 e. The van der Waals surface area contributed by atoms with Gasteiger partial charge in [-0.2, -0.15) is 0 Å². The van der Waals surface area contributed by atoms with Crippen LogP contribution in [0.3, 0.4) is 0 Å². The van der Waals surface area contributed by atoms with E-state index in [0.717, 1.165) is 47.0 Å². The van der Waals surface area contributed by atoms with E-state index in [9.17, 15) is 9.59 Å². The summed E-state index contributed by atoms with van der Waals surface area (Å²) in [5.41, 5.74) is 4.14. The molecular formula is C24H27N3O4. The Kier molecular flexibility index (Phi) is 4.96. The molecule has 2 fully saturated rings. The van der Waals surface area contributed by atoms with E-state index in [2.05, 4.69) is 10.6 Å². The fraction of sp³-hybridized carbons (Fsp3) is 0.417. The van der Waals surface area contributed by atoms with Gasteiger partial charge in [-0.15, -0.1) is 0 Å². The zero-order chi connectivity index (χ0) is 21.5. The minimum absolute atomic E-state index is 0.00796. The summed E-state index contributed by atoms with van der Waals surface area (Å²) < 4.78 is 13.1. The van der Waals surface area contributed by atoms with Crippen LogP contribution in [0.4, 0.5) is 0 Å². The predicted octanol–water partition coefficient (Wildman–Crippen LogP) is 2.92. The number of carbonyl (C=O) groups excluding carboxylic acids is 2. The molecule has 5 rings (SSSR count). The molecular weight excluding hydrogens is 394 g/mol. The zero-order valence-electron chi connectivity index (χ0n) is 18.0. The monoisotopic (exact) mass is 421 g/mol. The van der Waals surface area contributed by atoms with Crippen molar-refractivity contribution in [3.63, 3.8) is 0 Å². The molecule has 31 heavy (non-hydrogen) atoms. The number of benzene rings is 1. The van der Waals surface area contributed by atoms with E-state index in [1.165, 1.54) is 0 Å². The predicted molar refractivity (Wildman–Crippen MR) is 116 cm³/mol. The molecule has 2 aromatic rings. The summed E-state index contributed by atoms with van der Waals surface area (Å²) in [6.07, 6.45) is 5.57. The van der Waals surface area contributed by atoms with Crippen LogP contribution in [0.2, 0.25) is 0 Å². The lowest BCUT2D eigenvalue weighted by molar-refractivity contribution is -0.138. The lowest BCUT2D eigenvalue weighted by Crippen LogP contribution is -2.50. The number of rotatable bonds is 4. The zero-order valence-corrected chi connectivity index (χ0v) is 18.0. The summed E-state index contributed by atoms with van der Waals surface area (Å²) in [6.45, 7) is 6.80. The van der Waals surface area contributed by atoms with E-state index in [1.807, 2.05) is 47.9 Å². The summed E-state index contributed by atoms with van der Waals surface area (Å²) in [6, 6.07) is 7.98. The topological polar surface area (TPSA) is 64.0 Å². The third-order valence-electron chi connectivity index (χ3n) is 6.32. The Bertz CT molecular complexity index is 1060. The molecule has 1 aromatic carbocycles. The van der Waals surface area contributed by atoms with Crippen LogP contribution in [0.5, 0.6) is 11.5 Å². The first kappa shape index (κ1) is 19.7. The molecule has 0 radical (unpaired) electrons. The highest BCUT2D eigenvalue weighted by Crippen LogP contribution is 2.35. The van der Waals surface area contributed by atoms with Gasteiger partial charge in [-0.25, -0.2) is 0 Å². The first-order chi connectivity index (χ1) is 15.0. The summed E-state index contributed by atoms with van der Waals surface area (Å²) in [4.78, 5) is 28.6. The van der Waals surface area contributed by atoms with E-state index in [1.54, 1.807) is 6.08 Å². The quantitative estimate of drug-likeness (QED) is 0.712. The second-order valence-electron chi connectivity index (χ2n) is 8.46. The SMILES string of the molecule is Cc1cc(C=CC(=O)N2CCN(C(=O)C3CC3)CC2)c(C)n1-c1ccc2c(c1)OCO2. The average Bonchev–Trinajstić information content (AvgIpc) is 3.46. The van der Waals surface area contributed by atoms with Gasteiger partial charge in [0, 0.05) is 61.3 Å². The van der Waals surface area contributed by atoms with Crippen LogP contribution in [-0.2, 0) is 9.59 Å². The smallest absolute Gasteiger partial charge is 0.246 e. The van der Waals surface area contributed by atoms with Gasteiger partial charge >= 0.3 is 0 Å². The van der Waals surface area contributed by atoms with Crippen molar-refractivity contribution in [2.45, 2.75) is 26.7 Å². The molecule has 3 aliphatic rings. The third-order valence-corrected chi connectivity index (χ3v) is 6.32. The highest BCUT2D eigenvalue weighted by atomic mass is 16.7. The molecule has 0 N–H and O–H groups in total. The van der Waals surface area contributed by atoms with Crippen LogP contribution < -0.4 is 9.47 Å². The van der Waals surface area contributed by atoms with Crippen LogP contribution >= 0.6 is 0 Å². The Morgan fingerprint density at radius 1 is 0.968 bits per heavy atom. The average molecular weight is 421 g/mol. The van der Waals surface area contributed by atoms with E-state index < -0.39 is 0 Å². The molecule has 3 heterocycles. The van der Waals surface area contributed by atoms with E-state index in [-0.39, 0.29) is 24.5 Å². The second-order valence-corrected chi connectivity index (χ2v) is 8.46. The van der Waals surface area contributed by atoms with Gasteiger partial charge < -0.3 is 23.8 Å². The van der Waals surface area contributed by atoms with Crippen molar-refractivity contribution in [2.75, 3.05) is 33.0 Å². The molecule has 0 unspecified atom stereocenters. The highest BCUT2D eigenvalue weighted by molar-refractivity contribution is 5.92. The molecule has 0 spiro atoms. The molecule has 1 saturated carbocycles. The van der Waals surface area contributed by atoms with Gasteiger partial charge in [0.2, 0.25) is 18.6 Å². The summed E-state index contributed by atoms with van der Waals surface area (Å²) >= 11 is 0. The molecule has 7 nitrogen and oxygen atoms in total. The third kappa shape index (κ3) is 3.80. The van der Waals surface area contributed by atoms with Crippen molar-refractivity contribution in [3.05, 3.63) is 47.3 Å². The summed E-state index contributed by atoms with van der Waals surface area (Å²) in [7, 11) is 0. The van der Waals surface area contributed by atoms with Crippen molar-refractivity contribution in [3.8, 4) is 17.2 Å². The van der Waals surface area contributed by atoms with E-state index >= 15 is 0 Å². The van der Waals surface area contributed by atoms with Crippen LogP contribution in [-0.4, -0.2) is 59.2 Å². The Balaban J connectivity index is 1.26. The number of nitrogens with zero attached hydrogens (tertiary/aromatic N) is 3. The minimum atomic E-state index is -0.00796. The molecule has 1 saturated heterocycles. The van der Waals surface area contributed by atoms with Crippen LogP contribution in [0.1, 0.15) is 29.8 Å². The van der Waals surface area contributed by atoms with Gasteiger partial charge in [-0.1, -0.05) is 0 Å². The van der Waals surface area contributed by atoms with Gasteiger partial charge in [0.05, 0.1) is 0 Å². The number of piperazine rings is 1. The largest absolute Gasteiger partial charge is 0.454 e. The summed E-state index contributed by atoms with van der Waals surface area (Å²) in [5, 5.41) is 0. The van der Waals surface area contributed by atoms with Gasteiger partial charge in [-0.3, -0.25) is 9.59 Å². The van der Waals surface area contributed by atoms with Crippen molar-refractivity contribution in [2.24, 2.45) is 5.92 Å². The number of aryl methyl sites for hydroxylation is 1. The van der Waals surface area contributed by atoms with Crippen molar-refractivity contribution in [1.29, 1.82) is 0 Å². The molecule has 2 amide bonds. The van der Waals surface area contributed by atoms with Gasteiger partial charge in [0.1, 0.15) is 0 Å². The second kappa shape index (κ2) is 7.80. The molecule has 1 aliphatic carbocycles. The van der Waals surface area contributed by atoms with Crippen LogP contribution in [0, 0.1) is 19.8 Å². The Morgan fingerprint density at radius 3 is 2.42 bits per heavy atom. The van der Waals surface area contributed by atoms with Gasteiger partial charge in [0.25, 0.3) is 0 Å². The van der Waals surface area contributed by atoms with Crippen molar-refractivity contribution < 1.29 is 19.1 Å². The highest BCUT2D eigenvalue weighted by Gasteiger charge is 2.34. The van der Waals surface area contributed by atoms with Gasteiger partial charge in [0.15, 0.2) is 11.5 Å².